The van der Waals surface area contributed by atoms with Gasteiger partial charge in [0.15, 0.2) is 0 Å². The average Bonchev–Trinajstić information content (AvgIpc) is 3.35. The van der Waals surface area contributed by atoms with Crippen LogP contribution in [0.15, 0.2) is 53.1 Å². The van der Waals surface area contributed by atoms with Crippen molar-refractivity contribution in [3.05, 3.63) is 60.1 Å². The number of likely N-dealkylation sites (tertiary alicyclic amines) is 1. The first-order valence-corrected chi connectivity index (χ1v) is 8.61. The van der Waals surface area contributed by atoms with Crippen LogP contribution in [0.5, 0.6) is 0 Å². The van der Waals surface area contributed by atoms with Crippen molar-refractivity contribution >= 4 is 11.8 Å². The molecule has 6 heteroatoms. The summed E-state index contributed by atoms with van der Waals surface area (Å²) in [6, 6.07) is 12.7. The third kappa shape index (κ3) is 4.70. The third-order valence-corrected chi connectivity index (χ3v) is 4.39. The quantitative estimate of drug-likeness (QED) is 0.807. The predicted octanol–water partition coefficient (Wildman–Crippen LogP) is 1.96. The SMILES string of the molecule is O=C(CNC(=O)c1ccccc1)NC[C@H](c1ccco1)N1CCCC1. The summed E-state index contributed by atoms with van der Waals surface area (Å²) in [6.45, 7) is 2.43. The van der Waals surface area contributed by atoms with Gasteiger partial charge in [0.25, 0.3) is 5.91 Å². The lowest BCUT2D eigenvalue weighted by atomic mass is 10.2. The van der Waals surface area contributed by atoms with Crippen molar-refractivity contribution in [2.45, 2.75) is 18.9 Å². The number of nitrogens with zero attached hydrogens (tertiary/aromatic N) is 1. The Kier molecular flexibility index (Phi) is 5.85. The molecule has 1 aromatic heterocycles. The predicted molar refractivity (Wildman–Crippen MR) is 94.0 cm³/mol. The van der Waals surface area contributed by atoms with Gasteiger partial charge in [-0.3, -0.25) is 14.5 Å². The molecular formula is C19H23N3O3. The molecule has 6 nitrogen and oxygen atoms in total. The van der Waals surface area contributed by atoms with Gasteiger partial charge < -0.3 is 15.1 Å². The minimum atomic E-state index is -0.252. The van der Waals surface area contributed by atoms with E-state index in [4.69, 9.17) is 4.42 Å². The molecule has 0 radical (unpaired) electrons. The first-order valence-electron chi connectivity index (χ1n) is 8.61. The van der Waals surface area contributed by atoms with Gasteiger partial charge in [-0.2, -0.15) is 0 Å². The number of carbonyl (C=O) groups is 2. The molecule has 0 aliphatic carbocycles. The van der Waals surface area contributed by atoms with E-state index < -0.39 is 0 Å². The fourth-order valence-corrected chi connectivity index (χ4v) is 3.07. The van der Waals surface area contributed by atoms with E-state index in [9.17, 15) is 9.59 Å². The van der Waals surface area contributed by atoms with E-state index in [0.29, 0.717) is 12.1 Å². The molecule has 2 amide bonds. The van der Waals surface area contributed by atoms with Crippen LogP contribution in [-0.4, -0.2) is 42.9 Å². The molecule has 0 saturated carbocycles. The molecule has 132 valence electrons. The zero-order valence-corrected chi connectivity index (χ0v) is 14.1. The molecule has 0 bridgehead atoms. The highest BCUT2D eigenvalue weighted by Gasteiger charge is 2.25. The van der Waals surface area contributed by atoms with Crippen LogP contribution < -0.4 is 10.6 Å². The lowest BCUT2D eigenvalue weighted by molar-refractivity contribution is -0.120. The van der Waals surface area contributed by atoms with Crippen LogP contribution in [0.3, 0.4) is 0 Å². The van der Waals surface area contributed by atoms with Gasteiger partial charge in [0.1, 0.15) is 5.76 Å². The highest BCUT2D eigenvalue weighted by atomic mass is 16.3. The van der Waals surface area contributed by atoms with Crippen molar-refractivity contribution in [3.8, 4) is 0 Å². The summed E-state index contributed by atoms with van der Waals surface area (Å²) < 4.78 is 5.53. The smallest absolute Gasteiger partial charge is 0.251 e. The lowest BCUT2D eigenvalue weighted by Gasteiger charge is -2.26. The summed E-state index contributed by atoms with van der Waals surface area (Å²) >= 11 is 0. The minimum Gasteiger partial charge on any atom is -0.468 e. The summed E-state index contributed by atoms with van der Waals surface area (Å²) in [4.78, 5) is 26.4. The summed E-state index contributed by atoms with van der Waals surface area (Å²) in [5, 5.41) is 5.54. The summed E-state index contributed by atoms with van der Waals surface area (Å²) in [5.41, 5.74) is 0.542. The molecule has 1 aromatic carbocycles. The van der Waals surface area contributed by atoms with Gasteiger partial charge in [-0.05, 0) is 50.2 Å². The first kappa shape index (κ1) is 17.2. The van der Waals surface area contributed by atoms with Crippen LogP contribution in [-0.2, 0) is 4.79 Å². The number of hydrogen-bond acceptors (Lipinski definition) is 4. The largest absolute Gasteiger partial charge is 0.468 e. The third-order valence-electron chi connectivity index (χ3n) is 4.39. The van der Waals surface area contributed by atoms with Crippen LogP contribution in [0.4, 0.5) is 0 Å². The number of benzene rings is 1. The Morgan fingerprint density at radius 3 is 2.48 bits per heavy atom. The second-order valence-corrected chi connectivity index (χ2v) is 6.13. The van der Waals surface area contributed by atoms with Crippen molar-refractivity contribution in [3.63, 3.8) is 0 Å². The van der Waals surface area contributed by atoms with Gasteiger partial charge in [0.05, 0.1) is 18.8 Å². The summed E-state index contributed by atoms with van der Waals surface area (Å²) in [5.74, 6) is 0.397. The fourth-order valence-electron chi connectivity index (χ4n) is 3.07. The van der Waals surface area contributed by atoms with Crippen LogP contribution >= 0.6 is 0 Å². The van der Waals surface area contributed by atoms with E-state index in [-0.39, 0.29) is 24.4 Å². The number of carbonyl (C=O) groups excluding carboxylic acids is 2. The molecule has 1 aliphatic heterocycles. The standard InChI is InChI=1S/C19H23N3O3/c23-18(14-21-19(24)15-7-2-1-3-8-15)20-13-16(17-9-6-12-25-17)22-10-4-5-11-22/h1-3,6-9,12,16H,4-5,10-11,13-14H2,(H,20,23)(H,21,24)/t16-/m1/s1. The minimum absolute atomic E-state index is 0.0336. The van der Waals surface area contributed by atoms with E-state index in [1.54, 1.807) is 30.5 Å². The van der Waals surface area contributed by atoms with E-state index in [1.807, 2.05) is 18.2 Å². The molecular weight excluding hydrogens is 318 g/mol. The Hall–Kier alpha value is -2.60. The number of amides is 2. The number of furan rings is 1. The zero-order valence-electron chi connectivity index (χ0n) is 14.1. The topological polar surface area (TPSA) is 74.6 Å². The Balaban J connectivity index is 1.49. The van der Waals surface area contributed by atoms with Gasteiger partial charge in [-0.25, -0.2) is 0 Å². The lowest BCUT2D eigenvalue weighted by Crippen LogP contribution is -2.41. The molecule has 25 heavy (non-hydrogen) atoms. The maximum Gasteiger partial charge on any atom is 0.251 e. The second kappa shape index (κ2) is 8.48. The van der Waals surface area contributed by atoms with Crippen LogP contribution in [0.2, 0.25) is 0 Å². The molecule has 1 atom stereocenters. The molecule has 1 aliphatic rings. The Bertz CT molecular complexity index is 679. The van der Waals surface area contributed by atoms with Crippen molar-refractivity contribution in [2.75, 3.05) is 26.2 Å². The maximum atomic E-state index is 12.1. The van der Waals surface area contributed by atoms with Gasteiger partial charge in [0, 0.05) is 12.1 Å². The maximum absolute atomic E-state index is 12.1. The Labute approximate surface area is 147 Å². The fraction of sp³-hybridized carbons (Fsp3) is 0.368. The zero-order chi connectivity index (χ0) is 17.5. The van der Waals surface area contributed by atoms with E-state index in [2.05, 4.69) is 15.5 Å². The highest BCUT2D eigenvalue weighted by molar-refractivity contribution is 5.96. The average molecular weight is 341 g/mol. The normalized spacial score (nSPS) is 15.7. The molecule has 3 rings (SSSR count). The van der Waals surface area contributed by atoms with Crippen molar-refractivity contribution in [2.24, 2.45) is 0 Å². The Morgan fingerprint density at radius 1 is 1.04 bits per heavy atom. The summed E-state index contributed by atoms with van der Waals surface area (Å²) in [7, 11) is 0. The monoisotopic (exact) mass is 341 g/mol. The van der Waals surface area contributed by atoms with Gasteiger partial charge in [0.2, 0.25) is 5.91 Å². The highest BCUT2D eigenvalue weighted by Crippen LogP contribution is 2.24. The molecule has 2 heterocycles. The van der Waals surface area contributed by atoms with Crippen molar-refractivity contribution in [1.29, 1.82) is 0 Å². The van der Waals surface area contributed by atoms with E-state index in [1.165, 1.54) is 0 Å². The molecule has 2 N–H and O–H groups in total. The summed E-state index contributed by atoms with van der Waals surface area (Å²) in [6.07, 6.45) is 3.98. The van der Waals surface area contributed by atoms with Crippen LogP contribution in [0.25, 0.3) is 0 Å². The Morgan fingerprint density at radius 2 is 1.80 bits per heavy atom. The van der Waals surface area contributed by atoms with Gasteiger partial charge in [-0.15, -0.1) is 0 Å². The van der Waals surface area contributed by atoms with Gasteiger partial charge in [-0.1, -0.05) is 18.2 Å². The van der Waals surface area contributed by atoms with Crippen molar-refractivity contribution in [1.82, 2.24) is 15.5 Å². The van der Waals surface area contributed by atoms with Crippen molar-refractivity contribution < 1.29 is 14.0 Å². The molecule has 2 aromatic rings. The van der Waals surface area contributed by atoms with E-state index >= 15 is 0 Å². The van der Waals surface area contributed by atoms with Crippen LogP contribution in [0, 0.1) is 0 Å². The molecule has 0 spiro atoms. The molecule has 1 saturated heterocycles. The van der Waals surface area contributed by atoms with Gasteiger partial charge >= 0.3 is 0 Å². The molecule has 1 fully saturated rings. The number of rotatable bonds is 7. The number of nitrogens with one attached hydrogen (secondary N) is 2. The van der Waals surface area contributed by atoms with E-state index in [0.717, 1.165) is 31.7 Å². The molecule has 0 unspecified atom stereocenters. The second-order valence-electron chi connectivity index (χ2n) is 6.13. The number of hydrogen-bond donors (Lipinski definition) is 2. The van der Waals surface area contributed by atoms with Crippen LogP contribution in [0.1, 0.15) is 35.0 Å². The first-order chi connectivity index (χ1) is 12.2.